The Bertz CT molecular complexity index is 402. The van der Waals surface area contributed by atoms with Crippen molar-refractivity contribution in [2.24, 2.45) is 16.3 Å². The van der Waals surface area contributed by atoms with Crippen molar-refractivity contribution in [2.45, 2.75) is 60.5 Å². The number of rotatable bonds is 12. The lowest BCUT2D eigenvalue weighted by Gasteiger charge is -2.35. The second-order valence-electron chi connectivity index (χ2n) is 9.04. The molecule has 0 aliphatic carbocycles. The molecule has 1 unspecified atom stereocenters. The van der Waals surface area contributed by atoms with E-state index < -0.39 is 6.10 Å². The van der Waals surface area contributed by atoms with Gasteiger partial charge < -0.3 is 9.84 Å². The van der Waals surface area contributed by atoms with Crippen molar-refractivity contribution in [2.75, 3.05) is 59.0 Å². The lowest BCUT2D eigenvalue weighted by atomic mass is 9.92. The van der Waals surface area contributed by atoms with E-state index in [1.165, 1.54) is 5.71 Å². The summed E-state index contributed by atoms with van der Waals surface area (Å²) in [4.78, 5) is 9.52. The van der Waals surface area contributed by atoms with Crippen molar-refractivity contribution in [1.82, 2.24) is 9.80 Å². The molecular weight excluding hydrogens is 326 g/mol. The van der Waals surface area contributed by atoms with Crippen LogP contribution in [0.25, 0.3) is 0 Å². The quantitative estimate of drug-likeness (QED) is 0.537. The molecule has 1 aliphatic heterocycles. The summed E-state index contributed by atoms with van der Waals surface area (Å²) in [5.41, 5.74) is 1.47. The van der Waals surface area contributed by atoms with E-state index in [9.17, 15) is 5.11 Å². The number of nitrogens with zero attached hydrogens (tertiary/aromatic N) is 3. The van der Waals surface area contributed by atoms with Gasteiger partial charge >= 0.3 is 0 Å². The van der Waals surface area contributed by atoms with Crippen molar-refractivity contribution in [1.29, 1.82) is 0 Å². The molecule has 0 aromatic carbocycles. The predicted octanol–water partition coefficient (Wildman–Crippen LogP) is 2.92. The van der Waals surface area contributed by atoms with Crippen LogP contribution in [0, 0.1) is 11.3 Å². The minimum atomic E-state index is -0.391. The molecule has 0 aromatic rings. The molecule has 0 aromatic heterocycles. The minimum Gasteiger partial charge on any atom is -0.389 e. The number of aliphatic hydroxyl groups excluding tert-OH is 1. The Morgan fingerprint density at radius 3 is 2.35 bits per heavy atom. The minimum absolute atomic E-state index is 0.196. The number of piperazine rings is 1. The van der Waals surface area contributed by atoms with Crippen LogP contribution in [-0.4, -0.2) is 85.7 Å². The fraction of sp³-hybridized carbons (Fsp3) is 0.952. The molecule has 1 rings (SSSR count). The van der Waals surface area contributed by atoms with Crippen LogP contribution in [0.4, 0.5) is 0 Å². The van der Waals surface area contributed by atoms with Crippen molar-refractivity contribution < 1.29 is 9.84 Å². The van der Waals surface area contributed by atoms with Gasteiger partial charge in [-0.15, -0.1) is 0 Å². The Labute approximate surface area is 161 Å². The van der Waals surface area contributed by atoms with Gasteiger partial charge in [0.25, 0.3) is 0 Å². The van der Waals surface area contributed by atoms with Gasteiger partial charge in [-0.1, -0.05) is 34.6 Å². The molecule has 1 N–H and O–H groups in total. The number of hydrogen-bond acceptors (Lipinski definition) is 5. The highest BCUT2D eigenvalue weighted by Crippen LogP contribution is 2.19. The summed E-state index contributed by atoms with van der Waals surface area (Å²) in [6.45, 7) is 21.2. The monoisotopic (exact) mass is 369 g/mol. The van der Waals surface area contributed by atoms with Gasteiger partial charge in [-0.05, 0) is 31.1 Å². The average molecular weight is 370 g/mol. The maximum absolute atomic E-state index is 10.2. The van der Waals surface area contributed by atoms with Gasteiger partial charge in [0.15, 0.2) is 0 Å². The molecular formula is C21H43N3O2. The molecule has 1 atom stereocenters. The lowest BCUT2D eigenvalue weighted by Crippen LogP contribution is -2.49. The molecule has 5 heteroatoms. The van der Waals surface area contributed by atoms with E-state index >= 15 is 0 Å². The molecule has 0 spiro atoms. The summed E-state index contributed by atoms with van der Waals surface area (Å²) < 4.78 is 5.71. The smallest absolute Gasteiger partial charge is 0.0900 e. The highest BCUT2D eigenvalue weighted by atomic mass is 16.5. The van der Waals surface area contributed by atoms with Gasteiger partial charge in [0.2, 0.25) is 0 Å². The zero-order chi connectivity index (χ0) is 19.6. The van der Waals surface area contributed by atoms with Crippen molar-refractivity contribution in [3.8, 4) is 0 Å². The molecule has 26 heavy (non-hydrogen) atoms. The lowest BCUT2D eigenvalue weighted by molar-refractivity contribution is -0.0165. The number of hydrogen-bond donors (Lipinski definition) is 1. The van der Waals surface area contributed by atoms with E-state index in [-0.39, 0.29) is 5.41 Å². The first-order chi connectivity index (χ1) is 12.2. The van der Waals surface area contributed by atoms with Crippen LogP contribution in [0.2, 0.25) is 0 Å². The van der Waals surface area contributed by atoms with Crippen molar-refractivity contribution in [3.05, 3.63) is 0 Å². The molecule has 5 nitrogen and oxygen atoms in total. The van der Waals surface area contributed by atoms with Gasteiger partial charge in [-0.25, -0.2) is 0 Å². The van der Waals surface area contributed by atoms with Crippen LogP contribution < -0.4 is 0 Å². The first-order valence-corrected chi connectivity index (χ1v) is 10.4. The summed E-state index contributed by atoms with van der Waals surface area (Å²) in [5, 5.41) is 10.2. The molecule has 1 aliphatic rings. The Morgan fingerprint density at radius 2 is 1.77 bits per heavy atom. The van der Waals surface area contributed by atoms with Crippen molar-refractivity contribution in [3.63, 3.8) is 0 Å². The first kappa shape index (κ1) is 23.5. The Kier molecular flexibility index (Phi) is 10.9. The molecule has 1 saturated heterocycles. The Balaban J connectivity index is 2.15. The normalized spacial score (nSPS) is 19.3. The van der Waals surface area contributed by atoms with E-state index in [0.717, 1.165) is 52.1 Å². The number of β-amino-alcohol motifs (C(OH)–C–C–N with tert-alkyl or cyclic N) is 1. The highest BCUT2D eigenvalue weighted by Gasteiger charge is 2.20. The molecule has 1 fully saturated rings. The van der Waals surface area contributed by atoms with Crippen LogP contribution in [0.1, 0.15) is 54.4 Å². The fourth-order valence-electron chi connectivity index (χ4n) is 3.16. The second kappa shape index (κ2) is 12.1. The third-order valence-corrected chi connectivity index (χ3v) is 5.20. The van der Waals surface area contributed by atoms with Gasteiger partial charge in [-0.3, -0.25) is 14.8 Å². The van der Waals surface area contributed by atoms with Crippen molar-refractivity contribution >= 4 is 5.71 Å². The predicted molar refractivity (Wildman–Crippen MR) is 111 cm³/mol. The van der Waals surface area contributed by atoms with Gasteiger partial charge in [0.1, 0.15) is 0 Å². The zero-order valence-corrected chi connectivity index (χ0v) is 18.1. The van der Waals surface area contributed by atoms with E-state index in [0.29, 0.717) is 25.7 Å². The van der Waals surface area contributed by atoms with E-state index in [1.807, 2.05) is 0 Å². The molecule has 0 bridgehead atoms. The molecule has 0 amide bonds. The topological polar surface area (TPSA) is 48.3 Å². The SMILES string of the molecule is CCC(C)(C)COCC(O)CN1CCN(CCN=C(C)CC(C)C)CC1. The standard InChI is InChI=1S/C21H43N3O2/c1-7-21(5,6)17-26-16-20(25)15-24-12-10-23(11-13-24)9-8-22-19(4)14-18(2)3/h18,20,25H,7-17H2,1-6H3. The number of ether oxygens (including phenoxy) is 1. The fourth-order valence-corrected chi connectivity index (χ4v) is 3.16. The summed E-state index contributed by atoms with van der Waals surface area (Å²) in [6.07, 6.45) is 1.80. The average Bonchev–Trinajstić information content (AvgIpc) is 2.55. The van der Waals surface area contributed by atoms with Crippen LogP contribution in [0.5, 0.6) is 0 Å². The third-order valence-electron chi connectivity index (χ3n) is 5.20. The molecule has 0 saturated carbocycles. The number of aliphatic hydroxyl groups is 1. The maximum Gasteiger partial charge on any atom is 0.0900 e. The Hall–Kier alpha value is -0.490. The van der Waals surface area contributed by atoms with Crippen LogP contribution in [0.15, 0.2) is 4.99 Å². The molecule has 1 heterocycles. The number of aliphatic imine (C=N–C) groups is 1. The van der Waals surface area contributed by atoms with Crippen LogP contribution >= 0.6 is 0 Å². The molecule has 154 valence electrons. The van der Waals surface area contributed by atoms with Gasteiger partial charge in [0.05, 0.1) is 25.9 Å². The van der Waals surface area contributed by atoms with Gasteiger partial charge in [0, 0.05) is 45.0 Å². The maximum atomic E-state index is 10.2. The van der Waals surface area contributed by atoms with E-state index in [4.69, 9.17) is 9.73 Å². The first-order valence-electron chi connectivity index (χ1n) is 10.4. The Morgan fingerprint density at radius 1 is 1.15 bits per heavy atom. The van der Waals surface area contributed by atoms with Crippen LogP contribution in [0.3, 0.4) is 0 Å². The van der Waals surface area contributed by atoms with Gasteiger partial charge in [-0.2, -0.15) is 0 Å². The largest absolute Gasteiger partial charge is 0.389 e. The van der Waals surface area contributed by atoms with Crippen LogP contribution in [-0.2, 0) is 4.74 Å². The summed E-state index contributed by atoms with van der Waals surface area (Å²) in [7, 11) is 0. The summed E-state index contributed by atoms with van der Waals surface area (Å²) in [6, 6.07) is 0. The summed E-state index contributed by atoms with van der Waals surface area (Å²) >= 11 is 0. The van der Waals surface area contributed by atoms with E-state index in [1.54, 1.807) is 0 Å². The third kappa shape index (κ3) is 10.6. The zero-order valence-electron chi connectivity index (χ0n) is 18.1. The highest BCUT2D eigenvalue weighted by molar-refractivity contribution is 5.82. The molecule has 0 radical (unpaired) electrons. The summed E-state index contributed by atoms with van der Waals surface area (Å²) in [5.74, 6) is 0.686. The van der Waals surface area contributed by atoms with E-state index in [2.05, 4.69) is 51.3 Å². The second-order valence-corrected chi connectivity index (χ2v) is 9.04.